The summed E-state index contributed by atoms with van der Waals surface area (Å²) in [4.78, 5) is 34.3. The molecule has 25 heavy (non-hydrogen) atoms. The number of amides is 1. The van der Waals surface area contributed by atoms with Gasteiger partial charge in [-0.05, 0) is 38.5 Å². The minimum absolute atomic E-state index is 0.0558. The van der Waals surface area contributed by atoms with Gasteiger partial charge in [-0.25, -0.2) is 9.36 Å². The van der Waals surface area contributed by atoms with Gasteiger partial charge < -0.3 is 16.2 Å². The summed E-state index contributed by atoms with van der Waals surface area (Å²) in [7, 11) is 0. The molecule has 0 aliphatic carbocycles. The molecule has 0 spiro atoms. The van der Waals surface area contributed by atoms with Crippen LogP contribution in [0.15, 0.2) is 30.5 Å². The summed E-state index contributed by atoms with van der Waals surface area (Å²) in [6, 6.07) is 5.44. The van der Waals surface area contributed by atoms with Crippen LogP contribution in [0.5, 0.6) is 0 Å². The number of ether oxygens (including phenoxy) is 1. The van der Waals surface area contributed by atoms with Crippen LogP contribution < -0.4 is 11.5 Å². The van der Waals surface area contributed by atoms with Crippen LogP contribution in [-0.4, -0.2) is 27.1 Å². The van der Waals surface area contributed by atoms with E-state index in [9.17, 15) is 19.7 Å². The zero-order valence-electron chi connectivity index (χ0n) is 14.0. The van der Waals surface area contributed by atoms with Crippen molar-refractivity contribution in [3.63, 3.8) is 0 Å². The van der Waals surface area contributed by atoms with Crippen LogP contribution in [0.2, 0.25) is 0 Å². The van der Waals surface area contributed by atoms with Crippen molar-refractivity contribution in [2.24, 2.45) is 5.73 Å². The Kier molecular flexibility index (Phi) is 4.51. The second-order valence-corrected chi connectivity index (χ2v) is 6.32. The average Bonchev–Trinajstić information content (AvgIpc) is 2.83. The Morgan fingerprint density at radius 3 is 2.20 bits per heavy atom. The normalized spacial score (nSPS) is 11.2. The minimum atomic E-state index is -0.826. The SMILES string of the molecule is CC(C)(C)OC(=O)n1cc(-c2ccc([N+](=O)[O-])cc2)c(C(N)=O)c1N. The van der Waals surface area contributed by atoms with Crippen LogP contribution in [0.3, 0.4) is 0 Å². The molecule has 132 valence electrons. The fourth-order valence-electron chi connectivity index (χ4n) is 2.22. The van der Waals surface area contributed by atoms with Gasteiger partial charge in [0.2, 0.25) is 0 Å². The highest BCUT2D eigenvalue weighted by Gasteiger charge is 2.26. The third-order valence-electron chi connectivity index (χ3n) is 3.27. The van der Waals surface area contributed by atoms with Crippen LogP contribution in [0.25, 0.3) is 11.1 Å². The molecule has 1 amide bonds. The Bertz CT molecular complexity index is 847. The lowest BCUT2D eigenvalue weighted by molar-refractivity contribution is -0.384. The Labute approximate surface area is 143 Å². The molecule has 4 N–H and O–H groups in total. The first-order chi connectivity index (χ1) is 11.5. The smallest absolute Gasteiger partial charge is 0.420 e. The zero-order chi connectivity index (χ0) is 18.9. The molecule has 0 aliphatic rings. The topological polar surface area (TPSA) is 143 Å². The number of rotatable bonds is 3. The summed E-state index contributed by atoms with van der Waals surface area (Å²) in [5.74, 6) is -0.983. The van der Waals surface area contributed by atoms with Crippen molar-refractivity contribution >= 4 is 23.5 Å². The van der Waals surface area contributed by atoms with E-state index in [0.29, 0.717) is 5.56 Å². The van der Waals surface area contributed by atoms with E-state index in [1.54, 1.807) is 20.8 Å². The van der Waals surface area contributed by atoms with E-state index in [0.717, 1.165) is 4.57 Å². The van der Waals surface area contributed by atoms with Crippen LogP contribution in [0, 0.1) is 10.1 Å². The predicted octanol–water partition coefficient (Wildman–Crippen LogP) is 2.53. The molecule has 0 atom stereocenters. The molecule has 0 fully saturated rings. The molecular formula is C16H18N4O5. The molecule has 0 unspecified atom stereocenters. The number of nitrogens with zero attached hydrogens (tertiary/aromatic N) is 2. The first-order valence-corrected chi connectivity index (χ1v) is 7.30. The number of benzene rings is 1. The highest BCUT2D eigenvalue weighted by Crippen LogP contribution is 2.31. The van der Waals surface area contributed by atoms with E-state index in [4.69, 9.17) is 16.2 Å². The van der Waals surface area contributed by atoms with Crippen molar-refractivity contribution in [3.8, 4) is 11.1 Å². The van der Waals surface area contributed by atoms with Crippen molar-refractivity contribution in [3.05, 3.63) is 46.1 Å². The average molecular weight is 346 g/mol. The lowest BCUT2D eigenvalue weighted by atomic mass is 10.0. The molecule has 9 heteroatoms. The van der Waals surface area contributed by atoms with Crippen LogP contribution >= 0.6 is 0 Å². The quantitative estimate of drug-likeness (QED) is 0.645. The Hall–Kier alpha value is -3.36. The van der Waals surface area contributed by atoms with Crippen LogP contribution in [-0.2, 0) is 4.74 Å². The van der Waals surface area contributed by atoms with Crippen molar-refractivity contribution in [2.45, 2.75) is 26.4 Å². The summed E-state index contributed by atoms with van der Waals surface area (Å²) in [6.07, 6.45) is 0.561. The molecule has 0 aliphatic heterocycles. The number of anilines is 1. The molecule has 0 bridgehead atoms. The molecule has 0 radical (unpaired) electrons. The van der Waals surface area contributed by atoms with Crippen molar-refractivity contribution in [1.29, 1.82) is 0 Å². The zero-order valence-corrected chi connectivity index (χ0v) is 14.0. The van der Waals surface area contributed by atoms with Gasteiger partial charge in [0.15, 0.2) is 0 Å². The molecule has 1 heterocycles. The summed E-state index contributed by atoms with van der Waals surface area (Å²) in [5, 5.41) is 10.8. The van der Waals surface area contributed by atoms with Gasteiger partial charge in [-0.3, -0.25) is 14.9 Å². The molecular weight excluding hydrogens is 328 g/mol. The van der Waals surface area contributed by atoms with Crippen molar-refractivity contribution in [1.82, 2.24) is 4.57 Å². The third kappa shape index (κ3) is 3.77. The second-order valence-electron chi connectivity index (χ2n) is 6.32. The number of primary amides is 1. The fraction of sp³-hybridized carbons (Fsp3) is 0.250. The van der Waals surface area contributed by atoms with Crippen molar-refractivity contribution in [2.75, 3.05) is 5.73 Å². The van der Waals surface area contributed by atoms with E-state index in [1.165, 1.54) is 30.5 Å². The number of nitro groups is 1. The number of hydrogen-bond donors (Lipinski definition) is 2. The van der Waals surface area contributed by atoms with Gasteiger partial charge in [0.25, 0.3) is 11.6 Å². The van der Waals surface area contributed by atoms with E-state index >= 15 is 0 Å². The molecule has 0 saturated carbocycles. The highest BCUT2D eigenvalue weighted by atomic mass is 16.6. The molecule has 9 nitrogen and oxygen atoms in total. The Morgan fingerprint density at radius 2 is 1.76 bits per heavy atom. The highest BCUT2D eigenvalue weighted by molar-refractivity contribution is 6.06. The van der Waals surface area contributed by atoms with Gasteiger partial charge in [0.05, 0.1) is 10.5 Å². The number of carbonyl (C=O) groups is 2. The predicted molar refractivity (Wildman–Crippen MR) is 91.1 cm³/mol. The maximum Gasteiger partial charge on any atom is 0.420 e. The number of hydrogen-bond acceptors (Lipinski definition) is 6. The van der Waals surface area contributed by atoms with Gasteiger partial charge in [0, 0.05) is 23.9 Å². The number of nitro benzene ring substituents is 1. The fourth-order valence-corrected chi connectivity index (χ4v) is 2.22. The van der Waals surface area contributed by atoms with Crippen LogP contribution in [0.1, 0.15) is 31.1 Å². The van der Waals surface area contributed by atoms with E-state index in [1.807, 2.05) is 0 Å². The molecule has 2 aromatic rings. The number of nitrogen functional groups attached to an aromatic ring is 1. The number of carbonyl (C=O) groups excluding carboxylic acids is 2. The summed E-state index contributed by atoms with van der Waals surface area (Å²) in [6.45, 7) is 5.07. The number of aromatic nitrogens is 1. The third-order valence-corrected chi connectivity index (χ3v) is 3.27. The van der Waals surface area contributed by atoms with Gasteiger partial charge in [0.1, 0.15) is 11.4 Å². The standard InChI is InChI=1S/C16H18N4O5/c1-16(2,3)25-15(22)19-8-11(12(13(19)17)14(18)21)9-4-6-10(7-5-9)20(23)24/h4-8H,17H2,1-3H3,(H2,18,21). The van der Waals surface area contributed by atoms with Gasteiger partial charge in [-0.15, -0.1) is 0 Å². The Balaban J connectivity index is 2.54. The van der Waals surface area contributed by atoms with E-state index in [-0.39, 0.29) is 22.6 Å². The largest absolute Gasteiger partial charge is 0.443 e. The summed E-state index contributed by atoms with van der Waals surface area (Å²) < 4.78 is 6.23. The minimum Gasteiger partial charge on any atom is -0.443 e. The van der Waals surface area contributed by atoms with E-state index < -0.39 is 22.5 Å². The van der Waals surface area contributed by atoms with Gasteiger partial charge >= 0.3 is 6.09 Å². The molecule has 2 rings (SSSR count). The molecule has 1 aromatic heterocycles. The number of non-ortho nitro benzene ring substituents is 1. The first-order valence-electron chi connectivity index (χ1n) is 7.30. The maximum absolute atomic E-state index is 12.3. The van der Waals surface area contributed by atoms with Crippen molar-refractivity contribution < 1.29 is 19.2 Å². The van der Waals surface area contributed by atoms with Crippen LogP contribution in [0.4, 0.5) is 16.3 Å². The van der Waals surface area contributed by atoms with E-state index in [2.05, 4.69) is 0 Å². The lowest BCUT2D eigenvalue weighted by Gasteiger charge is -2.19. The lowest BCUT2D eigenvalue weighted by Crippen LogP contribution is -2.27. The summed E-state index contributed by atoms with van der Waals surface area (Å²) in [5.41, 5.74) is 11.1. The molecule has 0 saturated heterocycles. The van der Waals surface area contributed by atoms with Gasteiger partial charge in [-0.1, -0.05) is 0 Å². The monoisotopic (exact) mass is 346 g/mol. The van der Waals surface area contributed by atoms with Gasteiger partial charge in [-0.2, -0.15) is 0 Å². The Morgan fingerprint density at radius 1 is 1.20 bits per heavy atom. The summed E-state index contributed by atoms with van der Waals surface area (Å²) >= 11 is 0. The number of nitrogens with two attached hydrogens (primary N) is 2. The molecule has 1 aromatic carbocycles. The first kappa shape index (κ1) is 18.0. The maximum atomic E-state index is 12.3. The second kappa shape index (κ2) is 6.27.